The van der Waals surface area contributed by atoms with Gasteiger partial charge in [-0.2, -0.15) is 4.98 Å². The predicted octanol–water partition coefficient (Wildman–Crippen LogP) is 12.4. The average Bonchev–Trinajstić information content (AvgIpc) is 3.22. The molecule has 0 atom stereocenters. The van der Waals surface area contributed by atoms with E-state index < -0.39 is 0 Å². The Hall–Kier alpha value is -3.98. The maximum atomic E-state index is 12.1. The molecule has 0 aliphatic rings. The molecule has 1 aromatic carbocycles. The standard InChI is InChI=1S/C20H24N4O.C5H12.C4H10O.C4H6O.2C4H10.C2H6.2CH2O/c1-3-5-6-15-7-10-17(11-8-15)22-20-21-14-16-9-12-18(25)24(13-4-2)19(16)23-20;1-4-5(2)3;1-3-4-5-2;1-3-4(2)5;2*1-3-4-2;3*1-2/h7-12,14H,3-6,13H2,1-2H3,(H,21,22,23);5H,4H2,1-3H3;3-4H2,1-2H3;3H,1H2,2H3;2*3-4H2,1-2H3;1-2H3;2*1H2. The van der Waals surface area contributed by atoms with Gasteiger partial charge in [-0.3, -0.25) is 14.2 Å². The molecule has 3 aromatic rings. The molecule has 0 saturated carbocycles. The lowest BCUT2D eigenvalue weighted by molar-refractivity contribution is -0.112. The summed E-state index contributed by atoms with van der Waals surface area (Å²) in [4.78, 5) is 46.7. The number of hydrogen-bond donors (Lipinski definition) is 1. The summed E-state index contributed by atoms with van der Waals surface area (Å²) in [6.45, 7) is 35.9. The fourth-order valence-electron chi connectivity index (χ4n) is 3.04. The van der Waals surface area contributed by atoms with E-state index in [0.29, 0.717) is 18.1 Å². The van der Waals surface area contributed by atoms with Gasteiger partial charge in [0.1, 0.15) is 19.2 Å². The minimum Gasteiger partial charge on any atom is -0.385 e. The van der Waals surface area contributed by atoms with Crippen LogP contribution < -0.4 is 10.9 Å². The highest BCUT2D eigenvalue weighted by molar-refractivity contribution is 5.86. The van der Waals surface area contributed by atoms with E-state index in [0.717, 1.165) is 42.9 Å². The van der Waals surface area contributed by atoms with E-state index in [2.05, 4.69) is 96.3 Å². The van der Waals surface area contributed by atoms with Gasteiger partial charge in [-0.1, -0.05) is 140 Å². The number of ketones is 1. The Morgan fingerprint density at radius 2 is 1.30 bits per heavy atom. The van der Waals surface area contributed by atoms with Crippen LogP contribution in [0, 0.1) is 5.92 Å². The van der Waals surface area contributed by atoms with Crippen molar-refractivity contribution < 1.29 is 19.1 Å². The molecule has 54 heavy (non-hydrogen) atoms. The first-order chi connectivity index (χ1) is 26.0. The van der Waals surface area contributed by atoms with Crippen molar-refractivity contribution in [3.63, 3.8) is 0 Å². The molecule has 0 fully saturated rings. The lowest BCUT2D eigenvalue weighted by Gasteiger charge is -2.10. The molecule has 0 saturated heterocycles. The minimum absolute atomic E-state index is 0.0185. The number of nitrogens with zero attached hydrogens (tertiary/aromatic N) is 3. The van der Waals surface area contributed by atoms with Crippen LogP contribution in [-0.2, 0) is 32.1 Å². The summed E-state index contributed by atoms with van der Waals surface area (Å²) < 4.78 is 6.40. The molecular formula is C45H82N4O5. The highest BCUT2D eigenvalue weighted by Crippen LogP contribution is 2.17. The fraction of sp³-hybridized carbons (Fsp3) is 0.600. The summed E-state index contributed by atoms with van der Waals surface area (Å²) >= 11 is 0. The number of ether oxygens (including phenoxy) is 1. The smallest absolute Gasteiger partial charge is 0.252 e. The number of pyridine rings is 1. The number of hydrogen-bond acceptors (Lipinski definition) is 8. The van der Waals surface area contributed by atoms with Gasteiger partial charge in [0.15, 0.2) is 5.78 Å². The van der Waals surface area contributed by atoms with Crippen molar-refractivity contribution in [3.8, 4) is 0 Å². The Bertz CT molecular complexity index is 1250. The summed E-state index contributed by atoms with van der Waals surface area (Å²) in [5.74, 6) is 1.41. The van der Waals surface area contributed by atoms with Crippen molar-refractivity contribution in [3.05, 3.63) is 71.2 Å². The zero-order valence-corrected chi connectivity index (χ0v) is 37.2. The van der Waals surface area contributed by atoms with Gasteiger partial charge in [-0.15, -0.1) is 0 Å². The van der Waals surface area contributed by atoms with Crippen molar-refractivity contribution in [2.24, 2.45) is 5.92 Å². The third-order valence-electron chi connectivity index (χ3n) is 6.71. The molecule has 312 valence electrons. The van der Waals surface area contributed by atoms with Crippen LogP contribution in [0.15, 0.2) is 60.0 Å². The van der Waals surface area contributed by atoms with Crippen molar-refractivity contribution >= 4 is 42.0 Å². The number of aromatic nitrogens is 3. The largest absolute Gasteiger partial charge is 0.385 e. The number of fused-ring (bicyclic) bond motifs is 1. The maximum absolute atomic E-state index is 12.1. The van der Waals surface area contributed by atoms with E-state index in [1.165, 1.54) is 63.5 Å². The molecule has 9 heteroatoms. The third-order valence-corrected chi connectivity index (χ3v) is 6.71. The minimum atomic E-state index is -0.0284. The monoisotopic (exact) mass is 759 g/mol. The molecule has 3 rings (SSSR count). The van der Waals surface area contributed by atoms with Crippen LogP contribution in [0.2, 0.25) is 0 Å². The van der Waals surface area contributed by atoms with Crippen LogP contribution in [-0.4, -0.2) is 47.6 Å². The quantitative estimate of drug-likeness (QED) is 0.171. The van der Waals surface area contributed by atoms with Gasteiger partial charge < -0.3 is 19.6 Å². The molecule has 0 aliphatic carbocycles. The second-order valence-corrected chi connectivity index (χ2v) is 11.8. The molecular weight excluding hydrogens is 677 g/mol. The molecule has 0 radical (unpaired) electrons. The second-order valence-electron chi connectivity index (χ2n) is 11.8. The number of carbonyl (C=O) groups excluding carboxylic acids is 3. The Kier molecular flexibility index (Phi) is 58.7. The Labute approximate surface area is 331 Å². The molecule has 0 amide bonds. The van der Waals surface area contributed by atoms with E-state index in [1.807, 2.05) is 46.5 Å². The van der Waals surface area contributed by atoms with Crippen LogP contribution in [0.1, 0.15) is 153 Å². The van der Waals surface area contributed by atoms with E-state index in [-0.39, 0.29) is 11.3 Å². The van der Waals surface area contributed by atoms with Crippen molar-refractivity contribution in [2.45, 2.75) is 161 Å². The molecule has 0 bridgehead atoms. The van der Waals surface area contributed by atoms with Gasteiger partial charge >= 0.3 is 0 Å². The van der Waals surface area contributed by atoms with E-state index >= 15 is 0 Å². The number of allylic oxidation sites excluding steroid dienone is 1. The normalized spacial score (nSPS) is 8.72. The van der Waals surface area contributed by atoms with Crippen LogP contribution in [0.3, 0.4) is 0 Å². The molecule has 9 nitrogen and oxygen atoms in total. The first kappa shape index (κ1) is 62.0. The van der Waals surface area contributed by atoms with Crippen LogP contribution in [0.5, 0.6) is 0 Å². The fourth-order valence-corrected chi connectivity index (χ4v) is 3.04. The van der Waals surface area contributed by atoms with Gasteiger partial charge in [-0.05, 0) is 68.4 Å². The van der Waals surface area contributed by atoms with Gasteiger partial charge in [0.2, 0.25) is 5.95 Å². The summed E-state index contributed by atoms with van der Waals surface area (Å²) in [5, 5.41) is 4.10. The Balaban J connectivity index is -0.000000162. The van der Waals surface area contributed by atoms with Crippen molar-refractivity contribution in [2.75, 3.05) is 19.0 Å². The van der Waals surface area contributed by atoms with E-state index in [4.69, 9.17) is 14.3 Å². The first-order valence-corrected chi connectivity index (χ1v) is 19.9. The Morgan fingerprint density at radius 1 is 0.815 bits per heavy atom. The zero-order valence-electron chi connectivity index (χ0n) is 37.2. The number of nitrogens with one attached hydrogen (secondary N) is 1. The molecule has 0 unspecified atom stereocenters. The molecule has 0 spiro atoms. The summed E-state index contributed by atoms with van der Waals surface area (Å²) in [6, 6.07) is 11.7. The van der Waals surface area contributed by atoms with Crippen LogP contribution in [0.25, 0.3) is 11.0 Å². The van der Waals surface area contributed by atoms with Crippen LogP contribution in [0.4, 0.5) is 11.6 Å². The third kappa shape index (κ3) is 40.8. The molecule has 1 N–H and O–H groups in total. The molecule has 2 heterocycles. The number of methoxy groups -OCH3 is 1. The Morgan fingerprint density at radius 3 is 1.63 bits per heavy atom. The summed E-state index contributed by atoms with van der Waals surface area (Å²) in [6.07, 6.45) is 15.1. The summed E-state index contributed by atoms with van der Waals surface area (Å²) in [7, 11) is 1.71. The van der Waals surface area contributed by atoms with Crippen molar-refractivity contribution in [1.29, 1.82) is 0 Å². The number of unbranched alkanes of at least 4 members (excludes halogenated alkanes) is 3. The topological polar surface area (TPSA) is 120 Å². The number of benzene rings is 1. The molecule has 0 aliphatic heterocycles. The number of aryl methyl sites for hydroxylation is 2. The predicted molar refractivity (Wildman–Crippen MR) is 237 cm³/mol. The SMILES string of the molecule is C=CC(C)=O.C=O.C=O.CC.CCC(C)C.CCCC.CCCC.CCCCc1ccc(Nc2ncc3ccc(=O)n(CCC)c3n2)cc1.CCCOC. The van der Waals surface area contributed by atoms with Gasteiger partial charge in [0, 0.05) is 43.6 Å². The zero-order chi connectivity index (χ0) is 43.2. The summed E-state index contributed by atoms with van der Waals surface area (Å²) in [5.41, 5.74) is 2.93. The van der Waals surface area contributed by atoms with Gasteiger partial charge in [-0.25, -0.2) is 4.98 Å². The molecule has 2 aromatic heterocycles. The van der Waals surface area contributed by atoms with Crippen molar-refractivity contribution in [1.82, 2.24) is 14.5 Å². The van der Waals surface area contributed by atoms with Gasteiger partial charge in [0.25, 0.3) is 5.56 Å². The second kappa shape index (κ2) is 51.1. The van der Waals surface area contributed by atoms with E-state index in [1.54, 1.807) is 30.0 Å². The number of anilines is 2. The lowest BCUT2D eigenvalue weighted by Crippen LogP contribution is -2.20. The van der Waals surface area contributed by atoms with Gasteiger partial charge in [0.05, 0.1) is 0 Å². The highest BCUT2D eigenvalue weighted by Gasteiger charge is 2.07. The highest BCUT2D eigenvalue weighted by atomic mass is 16.5. The first-order valence-electron chi connectivity index (χ1n) is 19.9. The van der Waals surface area contributed by atoms with E-state index in [9.17, 15) is 9.59 Å². The lowest BCUT2D eigenvalue weighted by atomic mass is 10.1. The maximum Gasteiger partial charge on any atom is 0.252 e. The van der Waals surface area contributed by atoms with Crippen LogP contribution >= 0.6 is 0 Å². The number of carbonyl (C=O) groups is 3. The number of rotatable bonds is 13. The average molecular weight is 759 g/mol.